The molecular formula is C27H37N5O5S. The van der Waals surface area contributed by atoms with E-state index in [1.807, 2.05) is 33.0 Å². The fourth-order valence-corrected chi connectivity index (χ4v) is 8.06. The number of sulfonamides is 1. The molecule has 1 amide bonds. The van der Waals surface area contributed by atoms with Crippen LogP contribution < -0.4 is 4.74 Å². The molecule has 0 bridgehead atoms. The summed E-state index contributed by atoms with van der Waals surface area (Å²) in [5.41, 5.74) is 1.42. The van der Waals surface area contributed by atoms with Crippen LogP contribution in [0.25, 0.3) is 11.4 Å². The second-order valence-electron chi connectivity index (χ2n) is 12.0. The quantitative estimate of drug-likeness (QED) is 0.580. The van der Waals surface area contributed by atoms with Crippen molar-refractivity contribution in [1.82, 2.24) is 23.7 Å². The number of carbonyl (C=O) groups is 1. The molecule has 1 saturated carbocycles. The molecule has 6 rings (SSSR count). The van der Waals surface area contributed by atoms with Gasteiger partial charge >= 0.3 is 6.09 Å². The highest BCUT2D eigenvalue weighted by atomic mass is 32.2. The Balaban J connectivity index is 1.31. The number of ether oxygens (including phenoxy) is 2. The number of hydrogen-bond donors (Lipinski definition) is 0. The highest BCUT2D eigenvalue weighted by Crippen LogP contribution is 2.50. The molecule has 2 aromatic heterocycles. The van der Waals surface area contributed by atoms with Gasteiger partial charge in [-0.2, -0.15) is 4.31 Å². The molecule has 1 atom stereocenters. The third-order valence-corrected chi connectivity index (χ3v) is 10.2. The van der Waals surface area contributed by atoms with Crippen molar-refractivity contribution in [1.29, 1.82) is 0 Å². The van der Waals surface area contributed by atoms with E-state index in [2.05, 4.69) is 9.55 Å². The molecule has 2 saturated heterocycles. The predicted octanol–water partition coefficient (Wildman–Crippen LogP) is 3.63. The number of hydrogen-bond acceptors (Lipinski definition) is 7. The van der Waals surface area contributed by atoms with Crippen LogP contribution in [0, 0.1) is 5.92 Å². The summed E-state index contributed by atoms with van der Waals surface area (Å²) in [6, 6.07) is 3.81. The number of aromatic nitrogens is 3. The van der Waals surface area contributed by atoms with Crippen LogP contribution in [-0.2, 0) is 27.4 Å². The smallest absolute Gasteiger partial charge is 0.409 e. The fourth-order valence-electron chi connectivity index (χ4n) is 6.65. The zero-order valence-electron chi connectivity index (χ0n) is 22.6. The fraction of sp³-hybridized carbons (Fsp3) is 0.667. The summed E-state index contributed by atoms with van der Waals surface area (Å²) >= 11 is 0. The molecule has 3 aliphatic heterocycles. The Bertz CT molecular complexity index is 1360. The van der Waals surface area contributed by atoms with Gasteiger partial charge in [0.1, 0.15) is 23.0 Å². The van der Waals surface area contributed by atoms with Gasteiger partial charge in [-0.1, -0.05) is 0 Å². The van der Waals surface area contributed by atoms with Crippen molar-refractivity contribution in [2.75, 3.05) is 32.5 Å². The molecule has 1 aliphatic carbocycles. The van der Waals surface area contributed by atoms with Crippen LogP contribution in [0.3, 0.4) is 0 Å². The summed E-state index contributed by atoms with van der Waals surface area (Å²) in [6.45, 7) is 6.03. The first kappa shape index (κ1) is 25.6. The number of imidazole rings is 1. The topological polar surface area (TPSA) is 107 Å². The van der Waals surface area contributed by atoms with Crippen LogP contribution >= 0.6 is 0 Å². The van der Waals surface area contributed by atoms with E-state index in [9.17, 15) is 13.2 Å². The molecule has 0 unspecified atom stereocenters. The van der Waals surface area contributed by atoms with Crippen molar-refractivity contribution in [3.63, 3.8) is 0 Å². The number of pyridine rings is 1. The van der Waals surface area contributed by atoms with Gasteiger partial charge in [-0.05, 0) is 57.6 Å². The maximum atomic E-state index is 12.7. The lowest BCUT2D eigenvalue weighted by atomic mass is 9.83. The highest BCUT2D eigenvalue weighted by Gasteiger charge is 2.49. The van der Waals surface area contributed by atoms with Gasteiger partial charge in [-0.15, -0.1) is 0 Å². The lowest BCUT2D eigenvalue weighted by Gasteiger charge is -2.44. The maximum absolute atomic E-state index is 12.7. The molecule has 4 aliphatic rings. The molecule has 0 radical (unpaired) electrons. The standard InChI is InChI=1S/C27H37N5O5S/c1-26(2)16-19(9-13-32(26)38(4,34)35)24-29-22-21-20(6-5-12-28-21)37-27(23(22)30(24)3)10-14-31(15-11-27)25(33)36-17-18-7-8-18/h5-6,12,18-19H,7-11,13-17H2,1-4H3/t19-/m1/s1. The van der Waals surface area contributed by atoms with Gasteiger partial charge in [-0.25, -0.2) is 18.2 Å². The van der Waals surface area contributed by atoms with E-state index in [4.69, 9.17) is 14.5 Å². The number of nitrogens with zero attached hydrogens (tertiary/aromatic N) is 5. The number of fused-ring (bicyclic) bond motifs is 4. The number of rotatable bonds is 4. The van der Waals surface area contributed by atoms with Crippen molar-refractivity contribution < 1.29 is 22.7 Å². The maximum Gasteiger partial charge on any atom is 0.409 e. The van der Waals surface area contributed by atoms with Gasteiger partial charge in [0.2, 0.25) is 10.0 Å². The van der Waals surface area contributed by atoms with Crippen molar-refractivity contribution >= 4 is 16.1 Å². The molecule has 38 heavy (non-hydrogen) atoms. The Morgan fingerprint density at radius 3 is 2.55 bits per heavy atom. The lowest BCUT2D eigenvalue weighted by molar-refractivity contribution is -0.0115. The molecule has 206 valence electrons. The Labute approximate surface area is 224 Å². The second-order valence-corrected chi connectivity index (χ2v) is 13.9. The molecule has 10 nitrogen and oxygen atoms in total. The van der Waals surface area contributed by atoms with Crippen LogP contribution in [0.4, 0.5) is 4.79 Å². The average Bonchev–Trinajstić information content (AvgIpc) is 3.62. The molecule has 11 heteroatoms. The van der Waals surface area contributed by atoms with E-state index in [1.54, 1.807) is 15.4 Å². The van der Waals surface area contributed by atoms with Crippen LogP contribution in [0.15, 0.2) is 18.3 Å². The van der Waals surface area contributed by atoms with Crippen LogP contribution in [-0.4, -0.2) is 76.3 Å². The third-order valence-electron chi connectivity index (χ3n) is 8.70. The summed E-state index contributed by atoms with van der Waals surface area (Å²) in [6.07, 6.45) is 7.72. The molecular weight excluding hydrogens is 506 g/mol. The van der Waals surface area contributed by atoms with Crippen LogP contribution in [0.5, 0.6) is 5.75 Å². The zero-order valence-corrected chi connectivity index (χ0v) is 23.5. The van der Waals surface area contributed by atoms with Gasteiger partial charge in [0, 0.05) is 57.2 Å². The van der Waals surface area contributed by atoms with Crippen LogP contribution in [0.1, 0.15) is 69.8 Å². The summed E-state index contributed by atoms with van der Waals surface area (Å²) in [5.74, 6) is 2.27. The summed E-state index contributed by atoms with van der Waals surface area (Å²) in [4.78, 5) is 24.3. The largest absolute Gasteiger partial charge is 0.478 e. The molecule has 1 spiro atoms. The van der Waals surface area contributed by atoms with Crippen LogP contribution in [0.2, 0.25) is 0 Å². The SMILES string of the molecule is Cn1c([C@@H]2CCN(S(C)(=O)=O)C(C)(C)C2)nc2c1C1(CCN(C(=O)OCC3CC3)CC1)Oc1cccnc1-2. The first-order valence-corrected chi connectivity index (χ1v) is 15.4. The molecule has 5 heterocycles. The van der Waals surface area contributed by atoms with Gasteiger partial charge in [-0.3, -0.25) is 4.98 Å². The van der Waals surface area contributed by atoms with E-state index < -0.39 is 21.2 Å². The number of likely N-dealkylation sites (tertiary alicyclic amines) is 1. The molecule has 2 aromatic rings. The van der Waals surface area contributed by atoms with Crippen molar-refractivity contribution in [3.05, 3.63) is 29.8 Å². The Kier molecular flexibility index (Phi) is 6.03. The highest BCUT2D eigenvalue weighted by molar-refractivity contribution is 7.88. The Morgan fingerprint density at radius 2 is 1.89 bits per heavy atom. The van der Waals surface area contributed by atoms with Crippen molar-refractivity contribution in [3.8, 4) is 17.1 Å². The second kappa shape index (κ2) is 8.94. The summed E-state index contributed by atoms with van der Waals surface area (Å²) in [5, 5.41) is 0. The monoisotopic (exact) mass is 543 g/mol. The number of piperidine rings is 2. The number of amides is 1. The minimum atomic E-state index is -3.30. The van der Waals surface area contributed by atoms with Gasteiger partial charge in [0.25, 0.3) is 0 Å². The van der Waals surface area contributed by atoms with Gasteiger partial charge in [0.15, 0.2) is 5.60 Å². The van der Waals surface area contributed by atoms with E-state index in [-0.39, 0.29) is 12.0 Å². The van der Waals surface area contributed by atoms with Gasteiger partial charge in [0.05, 0.1) is 18.6 Å². The zero-order chi connectivity index (χ0) is 26.9. The third kappa shape index (κ3) is 4.37. The molecule has 0 N–H and O–H groups in total. The van der Waals surface area contributed by atoms with E-state index in [1.165, 1.54) is 6.26 Å². The number of carbonyl (C=O) groups excluding carboxylic acids is 1. The summed E-state index contributed by atoms with van der Waals surface area (Å²) in [7, 11) is -1.26. The normalized spacial score (nSPS) is 24.4. The van der Waals surface area contributed by atoms with Gasteiger partial charge < -0.3 is 18.9 Å². The predicted molar refractivity (Wildman–Crippen MR) is 141 cm³/mol. The molecule has 0 aromatic carbocycles. The van der Waals surface area contributed by atoms with E-state index >= 15 is 0 Å². The molecule has 3 fully saturated rings. The first-order chi connectivity index (χ1) is 18.0. The lowest BCUT2D eigenvalue weighted by Crippen LogP contribution is -2.52. The Hall–Kier alpha value is -2.66. The van der Waals surface area contributed by atoms with E-state index in [0.29, 0.717) is 63.6 Å². The average molecular weight is 544 g/mol. The van der Waals surface area contributed by atoms with Crippen molar-refractivity contribution in [2.45, 2.75) is 69.4 Å². The summed E-state index contributed by atoms with van der Waals surface area (Å²) < 4.78 is 40.8. The Morgan fingerprint density at radius 1 is 1.16 bits per heavy atom. The minimum Gasteiger partial charge on any atom is -0.478 e. The van der Waals surface area contributed by atoms with E-state index in [0.717, 1.165) is 35.7 Å². The minimum absolute atomic E-state index is 0.0975. The first-order valence-electron chi connectivity index (χ1n) is 13.6. The van der Waals surface area contributed by atoms with Crippen molar-refractivity contribution in [2.24, 2.45) is 13.0 Å².